The molecule has 3 heteroatoms. The fourth-order valence-electron chi connectivity index (χ4n) is 5.17. The van der Waals surface area contributed by atoms with Gasteiger partial charge in [0.05, 0.1) is 11.5 Å². The molecule has 0 radical (unpaired) electrons. The van der Waals surface area contributed by atoms with Crippen LogP contribution in [0.25, 0.3) is 0 Å². The third-order valence-electron chi connectivity index (χ3n) is 6.33. The number of aliphatic hydroxyl groups is 1. The minimum atomic E-state index is -0.707. The molecule has 23 heavy (non-hydrogen) atoms. The molecule has 1 saturated carbocycles. The van der Waals surface area contributed by atoms with E-state index in [2.05, 4.69) is 13.8 Å². The van der Waals surface area contributed by atoms with Crippen LogP contribution in [0.1, 0.15) is 70.1 Å². The van der Waals surface area contributed by atoms with E-state index in [0.29, 0.717) is 12.8 Å². The van der Waals surface area contributed by atoms with Gasteiger partial charge in [0.2, 0.25) is 0 Å². The lowest BCUT2D eigenvalue weighted by atomic mass is 9.49. The van der Waals surface area contributed by atoms with Crippen LogP contribution in [0.5, 0.6) is 5.75 Å². The summed E-state index contributed by atoms with van der Waals surface area (Å²) in [5.74, 6) is 0.570. The zero-order chi connectivity index (χ0) is 17.2. The fraction of sp³-hybridized carbons (Fsp3) is 0.650. The Kier molecular flexibility index (Phi) is 3.64. The molecule has 2 aliphatic carbocycles. The number of carbonyl (C=O) groups is 1. The topological polar surface area (TPSA) is 57.5 Å². The van der Waals surface area contributed by atoms with E-state index in [1.165, 1.54) is 0 Å². The first kappa shape index (κ1) is 16.5. The second-order valence-electron chi connectivity index (χ2n) is 8.55. The molecule has 1 fully saturated rings. The van der Waals surface area contributed by atoms with Gasteiger partial charge in [0.25, 0.3) is 0 Å². The van der Waals surface area contributed by atoms with Crippen molar-refractivity contribution >= 4 is 5.78 Å². The Morgan fingerprint density at radius 1 is 1.22 bits per heavy atom. The molecule has 126 valence electrons. The lowest BCUT2D eigenvalue weighted by Gasteiger charge is -2.55. The van der Waals surface area contributed by atoms with E-state index in [4.69, 9.17) is 0 Å². The Morgan fingerprint density at radius 2 is 1.87 bits per heavy atom. The summed E-state index contributed by atoms with van der Waals surface area (Å²) in [5.41, 5.74) is 1.79. The molecule has 2 aliphatic rings. The third-order valence-corrected chi connectivity index (χ3v) is 6.33. The monoisotopic (exact) mass is 316 g/mol. The number of aliphatic hydroxyl groups excluding tert-OH is 1. The zero-order valence-corrected chi connectivity index (χ0v) is 14.8. The first-order valence-electron chi connectivity index (χ1n) is 8.67. The number of ketones is 1. The summed E-state index contributed by atoms with van der Waals surface area (Å²) in [4.78, 5) is 12.9. The summed E-state index contributed by atoms with van der Waals surface area (Å²) in [6.07, 6.45) is 1.19. The number of hydrogen-bond donors (Lipinski definition) is 2. The third kappa shape index (κ3) is 2.16. The molecule has 0 heterocycles. The summed E-state index contributed by atoms with van der Waals surface area (Å²) >= 11 is 0. The molecule has 3 nitrogen and oxygen atoms in total. The highest BCUT2D eigenvalue weighted by Crippen LogP contribution is 2.57. The highest BCUT2D eigenvalue weighted by molar-refractivity contribution is 5.92. The maximum atomic E-state index is 12.9. The van der Waals surface area contributed by atoms with Crippen LogP contribution in [0.15, 0.2) is 12.1 Å². The summed E-state index contributed by atoms with van der Waals surface area (Å²) in [6, 6.07) is 3.97. The number of fused-ring (bicyclic) bond motifs is 3. The zero-order valence-electron chi connectivity index (χ0n) is 14.8. The Morgan fingerprint density at radius 3 is 2.48 bits per heavy atom. The summed E-state index contributed by atoms with van der Waals surface area (Å²) in [5, 5.41) is 21.6. The number of hydrogen-bond acceptors (Lipinski definition) is 3. The maximum Gasteiger partial charge on any atom is 0.143 e. The van der Waals surface area contributed by atoms with Gasteiger partial charge in [-0.25, -0.2) is 0 Å². The van der Waals surface area contributed by atoms with Gasteiger partial charge in [-0.1, -0.05) is 39.8 Å². The van der Waals surface area contributed by atoms with Crippen LogP contribution in [0.3, 0.4) is 0 Å². The van der Waals surface area contributed by atoms with Gasteiger partial charge in [-0.15, -0.1) is 0 Å². The highest BCUT2D eigenvalue weighted by Gasteiger charge is 2.58. The van der Waals surface area contributed by atoms with Crippen molar-refractivity contribution in [2.75, 3.05) is 0 Å². The van der Waals surface area contributed by atoms with E-state index in [-0.39, 0.29) is 28.8 Å². The number of phenols is 1. The fourth-order valence-corrected chi connectivity index (χ4v) is 5.17. The van der Waals surface area contributed by atoms with Crippen LogP contribution in [-0.4, -0.2) is 22.1 Å². The minimum absolute atomic E-state index is 0.0912. The molecule has 0 amide bonds. The highest BCUT2D eigenvalue weighted by atomic mass is 16.3. The first-order valence-corrected chi connectivity index (χ1v) is 8.67. The molecule has 3 rings (SSSR count). The Hall–Kier alpha value is -1.35. The summed E-state index contributed by atoms with van der Waals surface area (Å²) in [7, 11) is 0. The lowest BCUT2D eigenvalue weighted by molar-refractivity contribution is -0.140. The van der Waals surface area contributed by atoms with Crippen LogP contribution < -0.4 is 0 Å². The SMILES string of the molecule is CC(C)c1ccc2c(c1O)C[C@@H](O)[C@H]1C(C)(C)CCC(=O)[C@]21C. The van der Waals surface area contributed by atoms with Crippen molar-refractivity contribution < 1.29 is 15.0 Å². The van der Waals surface area contributed by atoms with Crippen molar-refractivity contribution in [1.82, 2.24) is 0 Å². The normalized spacial score (nSPS) is 32.6. The molecule has 2 N–H and O–H groups in total. The van der Waals surface area contributed by atoms with E-state index in [0.717, 1.165) is 23.1 Å². The predicted molar refractivity (Wildman–Crippen MR) is 90.8 cm³/mol. The van der Waals surface area contributed by atoms with Gasteiger partial charge in [0, 0.05) is 24.3 Å². The van der Waals surface area contributed by atoms with E-state index in [1.54, 1.807) is 0 Å². The van der Waals surface area contributed by atoms with Gasteiger partial charge < -0.3 is 10.2 Å². The molecule has 3 atom stereocenters. The van der Waals surface area contributed by atoms with E-state index in [1.807, 2.05) is 32.9 Å². The second kappa shape index (κ2) is 5.07. The maximum absolute atomic E-state index is 12.9. The van der Waals surface area contributed by atoms with Crippen molar-refractivity contribution in [3.8, 4) is 5.75 Å². The van der Waals surface area contributed by atoms with Crippen molar-refractivity contribution in [2.45, 2.75) is 71.3 Å². The van der Waals surface area contributed by atoms with Crippen molar-refractivity contribution in [3.63, 3.8) is 0 Å². The minimum Gasteiger partial charge on any atom is -0.507 e. The molecule has 1 aromatic rings. The molecular formula is C20H28O3. The van der Waals surface area contributed by atoms with Gasteiger partial charge in [0.1, 0.15) is 11.5 Å². The van der Waals surface area contributed by atoms with E-state index < -0.39 is 11.5 Å². The summed E-state index contributed by atoms with van der Waals surface area (Å²) < 4.78 is 0. The van der Waals surface area contributed by atoms with Crippen LogP contribution in [0.2, 0.25) is 0 Å². The van der Waals surface area contributed by atoms with Gasteiger partial charge >= 0.3 is 0 Å². The van der Waals surface area contributed by atoms with Crippen LogP contribution in [0.4, 0.5) is 0 Å². The molecular weight excluding hydrogens is 288 g/mol. The number of carbonyl (C=O) groups excluding carboxylic acids is 1. The Balaban J connectivity index is 2.25. The van der Waals surface area contributed by atoms with Crippen molar-refractivity contribution in [3.05, 3.63) is 28.8 Å². The molecule has 0 aliphatic heterocycles. The van der Waals surface area contributed by atoms with Crippen molar-refractivity contribution in [1.29, 1.82) is 0 Å². The molecule has 0 spiro atoms. The average Bonchev–Trinajstić information content (AvgIpc) is 2.44. The smallest absolute Gasteiger partial charge is 0.143 e. The number of phenolic OH excluding ortho intramolecular Hbond substituents is 1. The van der Waals surface area contributed by atoms with Gasteiger partial charge in [0.15, 0.2) is 0 Å². The van der Waals surface area contributed by atoms with Crippen molar-refractivity contribution in [2.24, 2.45) is 11.3 Å². The van der Waals surface area contributed by atoms with E-state index >= 15 is 0 Å². The second-order valence-corrected chi connectivity index (χ2v) is 8.55. The average molecular weight is 316 g/mol. The van der Waals surface area contributed by atoms with Crippen LogP contribution >= 0.6 is 0 Å². The summed E-state index contributed by atoms with van der Waals surface area (Å²) in [6.45, 7) is 10.4. The number of Topliss-reactive ketones (excluding diaryl/α,β-unsaturated/α-hetero) is 1. The number of rotatable bonds is 1. The first-order chi connectivity index (χ1) is 10.6. The number of aromatic hydroxyl groups is 1. The predicted octanol–water partition coefficient (Wildman–Crippen LogP) is 3.70. The van der Waals surface area contributed by atoms with E-state index in [9.17, 15) is 15.0 Å². The Bertz CT molecular complexity index is 659. The van der Waals surface area contributed by atoms with Gasteiger partial charge in [-0.3, -0.25) is 4.79 Å². The van der Waals surface area contributed by atoms with Gasteiger partial charge in [-0.05, 0) is 35.8 Å². The standard InChI is InChI=1S/C20H28O3/c1-11(2)12-6-7-14-13(17(12)23)10-15(21)18-19(3,4)9-8-16(22)20(14,18)5/h6-7,11,15,18,21,23H,8-10H2,1-5H3/t15-,18+,20+/m1/s1. The lowest BCUT2D eigenvalue weighted by Crippen LogP contribution is -2.58. The molecule has 1 aromatic carbocycles. The largest absolute Gasteiger partial charge is 0.507 e. The molecule has 0 unspecified atom stereocenters. The molecule has 0 saturated heterocycles. The quantitative estimate of drug-likeness (QED) is 0.830. The van der Waals surface area contributed by atoms with Crippen LogP contribution in [-0.2, 0) is 16.6 Å². The number of benzene rings is 1. The Labute approximate surface area is 138 Å². The molecule has 0 aromatic heterocycles. The van der Waals surface area contributed by atoms with Gasteiger partial charge in [-0.2, -0.15) is 0 Å². The van der Waals surface area contributed by atoms with Crippen LogP contribution in [0, 0.1) is 11.3 Å². The molecule has 0 bridgehead atoms.